The SMILES string of the molecule is O=S(=O)([O-])c1ccccc1CN1C(=Cc2sc3ccc(-c4ccccc4)cc3[n+]2Cc2ccccc2)Sc2ccc(-c3ccccc3)cc21. The van der Waals surface area contributed by atoms with Gasteiger partial charge in [0.2, 0.25) is 5.52 Å². The van der Waals surface area contributed by atoms with Crippen molar-refractivity contribution in [3.63, 3.8) is 0 Å². The summed E-state index contributed by atoms with van der Waals surface area (Å²) in [7, 11) is -4.67. The molecule has 0 radical (unpaired) electrons. The van der Waals surface area contributed by atoms with Crippen molar-refractivity contribution in [1.82, 2.24) is 0 Å². The highest BCUT2D eigenvalue weighted by atomic mass is 32.2. The molecule has 1 aromatic heterocycles. The van der Waals surface area contributed by atoms with Crippen molar-refractivity contribution in [1.29, 1.82) is 0 Å². The van der Waals surface area contributed by atoms with Crippen molar-refractivity contribution in [2.75, 3.05) is 4.90 Å². The average molecular weight is 695 g/mol. The Balaban J connectivity index is 1.29. The molecule has 8 heteroatoms. The summed E-state index contributed by atoms with van der Waals surface area (Å²) >= 11 is 3.38. The average Bonchev–Trinajstić information content (AvgIpc) is 3.65. The Morgan fingerprint density at radius 2 is 1.29 bits per heavy atom. The number of hydrogen-bond acceptors (Lipinski definition) is 6. The molecule has 0 saturated carbocycles. The fourth-order valence-electron chi connectivity index (χ4n) is 6.28. The second-order valence-corrected chi connectivity index (χ2v) is 15.3. The molecule has 0 unspecified atom stereocenters. The number of thioether (sulfide) groups is 1. The summed E-state index contributed by atoms with van der Waals surface area (Å²) in [5.74, 6) is 0. The molecule has 0 amide bonds. The highest BCUT2D eigenvalue weighted by molar-refractivity contribution is 8.03. The topological polar surface area (TPSA) is 64.3 Å². The fraction of sp³-hybridized carbons (Fsp3) is 0.0488. The molecule has 8 rings (SSSR count). The summed E-state index contributed by atoms with van der Waals surface area (Å²) in [5.41, 5.74) is 8.23. The van der Waals surface area contributed by atoms with E-state index in [0.29, 0.717) is 12.1 Å². The second kappa shape index (κ2) is 13.1. The molecule has 0 N–H and O–H groups in total. The van der Waals surface area contributed by atoms with E-state index in [-0.39, 0.29) is 11.4 Å². The smallest absolute Gasteiger partial charge is 0.265 e. The zero-order valence-corrected chi connectivity index (χ0v) is 28.7. The first-order valence-electron chi connectivity index (χ1n) is 15.9. The summed E-state index contributed by atoms with van der Waals surface area (Å²) in [5, 5.41) is 2.02. The number of nitrogens with zero attached hydrogens (tertiary/aromatic N) is 2. The van der Waals surface area contributed by atoms with Gasteiger partial charge in [-0.2, -0.15) is 4.57 Å². The number of hydrogen-bond donors (Lipinski definition) is 0. The first kappa shape index (κ1) is 31.3. The number of anilines is 1. The van der Waals surface area contributed by atoms with E-state index in [1.54, 1.807) is 41.3 Å². The van der Waals surface area contributed by atoms with Crippen LogP contribution in [0.25, 0.3) is 38.5 Å². The third kappa shape index (κ3) is 6.44. The van der Waals surface area contributed by atoms with Crippen LogP contribution in [0.1, 0.15) is 16.1 Å². The van der Waals surface area contributed by atoms with Crippen LogP contribution in [0.15, 0.2) is 166 Å². The molecular weight excluding hydrogens is 665 g/mol. The zero-order chi connectivity index (χ0) is 33.4. The molecule has 0 saturated heterocycles. The number of benzene rings is 6. The molecule has 1 aliphatic heterocycles. The molecule has 2 heterocycles. The van der Waals surface area contributed by atoms with Gasteiger partial charge in [0.1, 0.15) is 14.8 Å². The number of rotatable bonds is 8. The van der Waals surface area contributed by atoms with Gasteiger partial charge in [0.15, 0.2) is 6.54 Å². The van der Waals surface area contributed by atoms with Crippen LogP contribution in [0.3, 0.4) is 0 Å². The largest absolute Gasteiger partial charge is 0.744 e. The Hall–Kier alpha value is -4.99. The van der Waals surface area contributed by atoms with Crippen LogP contribution in [-0.4, -0.2) is 13.0 Å². The Labute approximate surface area is 294 Å². The molecule has 49 heavy (non-hydrogen) atoms. The number of aromatic nitrogens is 1. The Kier molecular flexibility index (Phi) is 8.39. The molecule has 7 aromatic rings. The highest BCUT2D eigenvalue weighted by Gasteiger charge is 2.30. The summed E-state index contributed by atoms with van der Waals surface area (Å²) in [6.07, 6.45) is 2.21. The van der Waals surface area contributed by atoms with Crippen LogP contribution in [0.5, 0.6) is 0 Å². The lowest BCUT2D eigenvalue weighted by molar-refractivity contribution is -0.659. The van der Waals surface area contributed by atoms with Gasteiger partial charge >= 0.3 is 0 Å². The molecule has 0 spiro atoms. The predicted octanol–water partition coefficient (Wildman–Crippen LogP) is 9.59. The van der Waals surface area contributed by atoms with Gasteiger partial charge < -0.3 is 9.45 Å². The van der Waals surface area contributed by atoms with Crippen LogP contribution in [0, 0.1) is 0 Å². The van der Waals surface area contributed by atoms with E-state index in [0.717, 1.165) is 48.4 Å². The molecule has 240 valence electrons. The van der Waals surface area contributed by atoms with Gasteiger partial charge in [-0.05, 0) is 52.1 Å². The van der Waals surface area contributed by atoms with E-state index in [4.69, 9.17) is 0 Å². The lowest BCUT2D eigenvalue weighted by atomic mass is 10.0. The quantitative estimate of drug-likeness (QED) is 0.117. The van der Waals surface area contributed by atoms with Crippen LogP contribution in [-0.2, 0) is 23.2 Å². The van der Waals surface area contributed by atoms with E-state index >= 15 is 0 Å². The van der Waals surface area contributed by atoms with Crippen LogP contribution >= 0.6 is 23.1 Å². The molecule has 0 atom stereocenters. The highest BCUT2D eigenvalue weighted by Crippen LogP contribution is 2.49. The molecule has 0 aliphatic carbocycles. The van der Waals surface area contributed by atoms with Gasteiger partial charge in [0.25, 0.3) is 5.01 Å². The lowest BCUT2D eigenvalue weighted by Gasteiger charge is -2.23. The monoisotopic (exact) mass is 694 g/mol. The van der Waals surface area contributed by atoms with Crippen molar-refractivity contribution in [3.8, 4) is 22.3 Å². The normalized spacial score (nSPS) is 13.7. The third-order valence-electron chi connectivity index (χ3n) is 8.68. The maximum absolute atomic E-state index is 12.3. The van der Waals surface area contributed by atoms with Gasteiger partial charge in [-0.3, -0.25) is 0 Å². The standard InChI is InChI=1S/C41H30N2O3S3/c44-49(45,46)39-19-11-10-18-34(39)28-43-36-25-33(31-16-8-3-9-17-31)21-23-38(36)48-41(43)26-40-42(27-29-12-4-1-5-13-29)35-24-32(20-22-37(35)47-40)30-14-6-2-7-15-30/h1-26H,27-28H2. The number of thiazole rings is 1. The lowest BCUT2D eigenvalue weighted by Crippen LogP contribution is -2.36. The minimum atomic E-state index is -4.67. The fourth-order valence-corrected chi connectivity index (χ4v) is 9.21. The molecule has 6 aromatic carbocycles. The van der Waals surface area contributed by atoms with Gasteiger partial charge in [-0.15, -0.1) is 0 Å². The molecular formula is C41H30N2O3S3. The van der Waals surface area contributed by atoms with Gasteiger partial charge in [0, 0.05) is 23.1 Å². The summed E-state index contributed by atoms with van der Waals surface area (Å²) in [6, 6.07) is 50.6. The molecule has 5 nitrogen and oxygen atoms in total. The third-order valence-corrected chi connectivity index (χ3v) is 11.8. The van der Waals surface area contributed by atoms with Crippen molar-refractivity contribution < 1.29 is 17.5 Å². The molecule has 1 aliphatic rings. The van der Waals surface area contributed by atoms with Crippen LogP contribution in [0.2, 0.25) is 0 Å². The maximum atomic E-state index is 12.3. The Bertz CT molecular complexity index is 2440. The van der Waals surface area contributed by atoms with Crippen molar-refractivity contribution >= 4 is 55.2 Å². The first-order chi connectivity index (χ1) is 23.9. The maximum Gasteiger partial charge on any atom is 0.265 e. The Morgan fingerprint density at radius 3 is 1.98 bits per heavy atom. The number of fused-ring (bicyclic) bond motifs is 2. The molecule has 0 fully saturated rings. The second-order valence-electron chi connectivity index (χ2n) is 11.8. The minimum absolute atomic E-state index is 0.193. The first-order valence-corrected chi connectivity index (χ1v) is 18.9. The van der Waals surface area contributed by atoms with Crippen molar-refractivity contribution in [2.24, 2.45) is 0 Å². The van der Waals surface area contributed by atoms with E-state index in [9.17, 15) is 13.0 Å². The zero-order valence-electron chi connectivity index (χ0n) is 26.3. The van der Waals surface area contributed by atoms with E-state index in [1.807, 2.05) is 30.3 Å². The summed E-state index contributed by atoms with van der Waals surface area (Å²) < 4.78 is 40.5. The van der Waals surface area contributed by atoms with Crippen molar-refractivity contribution in [3.05, 3.63) is 173 Å². The van der Waals surface area contributed by atoms with Crippen molar-refractivity contribution in [2.45, 2.75) is 22.9 Å². The van der Waals surface area contributed by atoms with Gasteiger partial charge in [0.05, 0.1) is 21.7 Å². The van der Waals surface area contributed by atoms with Gasteiger partial charge in [-0.25, -0.2) is 8.42 Å². The Morgan fingerprint density at radius 1 is 0.673 bits per heavy atom. The molecule has 0 bridgehead atoms. The van der Waals surface area contributed by atoms with E-state index in [2.05, 4.69) is 113 Å². The van der Waals surface area contributed by atoms with E-state index in [1.165, 1.54) is 16.3 Å². The summed E-state index contributed by atoms with van der Waals surface area (Å²) in [4.78, 5) is 3.01. The minimum Gasteiger partial charge on any atom is -0.744 e. The van der Waals surface area contributed by atoms with Gasteiger partial charge in [-0.1, -0.05) is 144 Å². The summed E-state index contributed by atoms with van der Waals surface area (Å²) in [6.45, 7) is 0.911. The predicted molar refractivity (Wildman–Crippen MR) is 199 cm³/mol. The van der Waals surface area contributed by atoms with E-state index < -0.39 is 10.1 Å². The van der Waals surface area contributed by atoms with Crippen LogP contribution < -0.4 is 9.47 Å². The van der Waals surface area contributed by atoms with Crippen LogP contribution in [0.4, 0.5) is 5.69 Å².